The molecule has 0 atom stereocenters. The molecule has 8 heteroatoms. The van der Waals surface area contributed by atoms with Crippen LogP contribution in [0.2, 0.25) is 0 Å². The van der Waals surface area contributed by atoms with Crippen LogP contribution in [0, 0.1) is 20.2 Å². The van der Waals surface area contributed by atoms with Gasteiger partial charge in [-0.2, -0.15) is 0 Å². The molecular formula is C12H15N3O4S. The Hall–Kier alpha value is -1.67. The fraction of sp³-hybridized carbons (Fsp3) is 0.500. The molecule has 0 saturated heterocycles. The largest absolute Gasteiger partial charge is 0.291 e. The molecule has 108 valence electrons. The average Bonchev–Trinajstić information content (AvgIpc) is 2.45. The Morgan fingerprint density at radius 2 is 1.80 bits per heavy atom. The summed E-state index contributed by atoms with van der Waals surface area (Å²) in [6.45, 7) is 0. The van der Waals surface area contributed by atoms with Crippen LogP contribution in [0.25, 0.3) is 0 Å². The Bertz CT molecular complexity index is 517. The Labute approximate surface area is 120 Å². The molecule has 1 saturated carbocycles. The van der Waals surface area contributed by atoms with Gasteiger partial charge in [-0.15, -0.1) is 0 Å². The van der Waals surface area contributed by atoms with Crippen LogP contribution < -0.4 is 4.72 Å². The van der Waals surface area contributed by atoms with Crippen molar-refractivity contribution in [2.45, 2.75) is 43.0 Å². The van der Waals surface area contributed by atoms with Crippen LogP contribution in [0.3, 0.4) is 0 Å². The van der Waals surface area contributed by atoms with Crippen LogP contribution in [-0.2, 0) is 0 Å². The predicted molar refractivity (Wildman–Crippen MR) is 75.6 cm³/mol. The highest BCUT2D eigenvalue weighted by atomic mass is 32.2. The van der Waals surface area contributed by atoms with Crippen LogP contribution in [0.5, 0.6) is 0 Å². The molecule has 0 aliphatic heterocycles. The number of hydrogen-bond acceptors (Lipinski definition) is 6. The van der Waals surface area contributed by atoms with Gasteiger partial charge >= 0.3 is 0 Å². The van der Waals surface area contributed by atoms with E-state index < -0.39 is 9.85 Å². The number of nitro groups is 2. The summed E-state index contributed by atoms with van der Waals surface area (Å²) in [5, 5.41) is 21.6. The molecule has 20 heavy (non-hydrogen) atoms. The van der Waals surface area contributed by atoms with Crippen LogP contribution in [-0.4, -0.2) is 15.9 Å². The van der Waals surface area contributed by atoms with Gasteiger partial charge in [-0.3, -0.25) is 25.0 Å². The summed E-state index contributed by atoms with van der Waals surface area (Å²) >= 11 is 1.19. The van der Waals surface area contributed by atoms with E-state index in [2.05, 4.69) is 4.72 Å². The van der Waals surface area contributed by atoms with Crippen molar-refractivity contribution in [3.63, 3.8) is 0 Å². The van der Waals surface area contributed by atoms with Crippen molar-refractivity contribution in [2.75, 3.05) is 0 Å². The van der Waals surface area contributed by atoms with Gasteiger partial charge in [0.2, 0.25) is 0 Å². The van der Waals surface area contributed by atoms with E-state index in [1.807, 2.05) is 0 Å². The molecule has 1 aromatic rings. The summed E-state index contributed by atoms with van der Waals surface area (Å²) in [7, 11) is 0. The topological polar surface area (TPSA) is 98.3 Å². The lowest BCUT2D eigenvalue weighted by atomic mass is 9.96. The van der Waals surface area contributed by atoms with Gasteiger partial charge in [-0.25, -0.2) is 0 Å². The summed E-state index contributed by atoms with van der Waals surface area (Å²) in [6, 6.07) is 4.07. The molecule has 1 aliphatic carbocycles. The summed E-state index contributed by atoms with van der Waals surface area (Å²) in [6.07, 6.45) is 5.70. The number of nitrogens with one attached hydrogen (secondary N) is 1. The number of nitro benzene ring substituents is 2. The second kappa shape index (κ2) is 6.67. The van der Waals surface area contributed by atoms with Gasteiger partial charge in [-0.1, -0.05) is 19.3 Å². The fourth-order valence-electron chi connectivity index (χ4n) is 2.22. The molecule has 1 fully saturated rings. The van der Waals surface area contributed by atoms with E-state index in [4.69, 9.17) is 0 Å². The molecule has 0 radical (unpaired) electrons. The lowest BCUT2D eigenvalue weighted by Gasteiger charge is -2.21. The number of hydrogen-bond donors (Lipinski definition) is 1. The highest BCUT2D eigenvalue weighted by molar-refractivity contribution is 7.97. The number of benzene rings is 1. The Morgan fingerprint density at radius 3 is 2.40 bits per heavy atom. The second-order valence-corrected chi connectivity index (χ2v) is 5.60. The number of rotatable bonds is 5. The van der Waals surface area contributed by atoms with E-state index in [0.717, 1.165) is 18.9 Å². The first-order valence-electron chi connectivity index (χ1n) is 6.43. The zero-order valence-corrected chi connectivity index (χ0v) is 11.6. The van der Waals surface area contributed by atoms with Crippen molar-refractivity contribution in [1.29, 1.82) is 0 Å². The molecule has 0 spiro atoms. The fourth-order valence-corrected chi connectivity index (χ4v) is 3.12. The van der Waals surface area contributed by atoms with Crippen molar-refractivity contribution in [3.8, 4) is 0 Å². The van der Waals surface area contributed by atoms with Gasteiger partial charge in [0, 0.05) is 12.1 Å². The van der Waals surface area contributed by atoms with Gasteiger partial charge in [0.25, 0.3) is 11.4 Å². The predicted octanol–water partition coefficient (Wildman–Crippen LogP) is 3.43. The maximum Gasteiger partial charge on any atom is 0.291 e. The molecule has 0 heterocycles. The standard InChI is InChI=1S/C12H15N3O4S/c16-14(17)10-6-7-12(11(8-10)15(18)19)20-13-9-4-2-1-3-5-9/h6-9,13H,1-5H2. The van der Waals surface area contributed by atoms with Crippen molar-refractivity contribution in [2.24, 2.45) is 0 Å². The zero-order valence-electron chi connectivity index (χ0n) is 10.8. The third-order valence-electron chi connectivity index (χ3n) is 3.29. The minimum atomic E-state index is -0.629. The van der Waals surface area contributed by atoms with Crippen LogP contribution in [0.15, 0.2) is 23.1 Å². The van der Waals surface area contributed by atoms with Crippen molar-refractivity contribution < 1.29 is 9.85 Å². The zero-order chi connectivity index (χ0) is 14.5. The van der Waals surface area contributed by atoms with Crippen molar-refractivity contribution in [1.82, 2.24) is 4.72 Å². The van der Waals surface area contributed by atoms with E-state index in [0.29, 0.717) is 10.9 Å². The summed E-state index contributed by atoms with van der Waals surface area (Å²) in [5.41, 5.74) is -0.494. The lowest BCUT2D eigenvalue weighted by Crippen LogP contribution is -2.25. The van der Waals surface area contributed by atoms with Crippen molar-refractivity contribution >= 4 is 23.3 Å². The van der Waals surface area contributed by atoms with E-state index in [1.165, 1.54) is 43.3 Å². The maximum atomic E-state index is 11.0. The monoisotopic (exact) mass is 297 g/mol. The first-order valence-corrected chi connectivity index (χ1v) is 7.25. The van der Waals surface area contributed by atoms with E-state index >= 15 is 0 Å². The quantitative estimate of drug-likeness (QED) is 0.508. The summed E-state index contributed by atoms with van der Waals surface area (Å²) in [5.74, 6) is 0. The van der Waals surface area contributed by atoms with E-state index in [9.17, 15) is 20.2 Å². The van der Waals surface area contributed by atoms with Gasteiger partial charge in [0.05, 0.1) is 15.9 Å². The highest BCUT2D eigenvalue weighted by Gasteiger charge is 2.21. The smallest absolute Gasteiger partial charge is 0.258 e. The summed E-state index contributed by atoms with van der Waals surface area (Å²) < 4.78 is 3.22. The molecule has 0 bridgehead atoms. The van der Waals surface area contributed by atoms with Gasteiger partial charge < -0.3 is 0 Å². The first kappa shape index (κ1) is 14.7. The molecular weight excluding hydrogens is 282 g/mol. The van der Waals surface area contributed by atoms with Crippen molar-refractivity contribution in [3.05, 3.63) is 38.4 Å². The maximum absolute atomic E-state index is 11.0. The lowest BCUT2D eigenvalue weighted by molar-refractivity contribution is -0.396. The molecule has 0 unspecified atom stereocenters. The minimum absolute atomic E-state index is 0.229. The molecule has 1 aliphatic rings. The van der Waals surface area contributed by atoms with E-state index in [-0.39, 0.29) is 11.4 Å². The Balaban J connectivity index is 2.09. The Morgan fingerprint density at radius 1 is 1.10 bits per heavy atom. The van der Waals surface area contributed by atoms with E-state index in [1.54, 1.807) is 0 Å². The second-order valence-electron chi connectivity index (χ2n) is 4.72. The number of nitrogens with zero attached hydrogens (tertiary/aromatic N) is 2. The van der Waals surface area contributed by atoms with Crippen LogP contribution in [0.4, 0.5) is 11.4 Å². The van der Waals surface area contributed by atoms with Gasteiger partial charge in [0.15, 0.2) is 0 Å². The van der Waals surface area contributed by atoms with Crippen LogP contribution in [0.1, 0.15) is 32.1 Å². The van der Waals surface area contributed by atoms with Gasteiger partial charge in [0.1, 0.15) is 4.90 Å². The highest BCUT2D eigenvalue weighted by Crippen LogP contribution is 2.32. The van der Waals surface area contributed by atoms with Gasteiger partial charge in [-0.05, 0) is 30.9 Å². The summed E-state index contributed by atoms with van der Waals surface area (Å²) in [4.78, 5) is 20.8. The first-order chi connectivity index (χ1) is 9.58. The molecule has 0 aromatic heterocycles. The molecule has 1 aromatic carbocycles. The SMILES string of the molecule is O=[N+]([O-])c1ccc(SNC2CCCCC2)c([N+](=O)[O-])c1. The third kappa shape index (κ3) is 3.67. The Kier molecular flexibility index (Phi) is 4.91. The minimum Gasteiger partial charge on any atom is -0.258 e. The molecule has 0 amide bonds. The molecule has 2 rings (SSSR count). The molecule has 1 N–H and O–H groups in total. The molecule has 7 nitrogen and oxygen atoms in total. The normalized spacial score (nSPS) is 16.0. The average molecular weight is 297 g/mol. The third-order valence-corrected chi connectivity index (χ3v) is 4.31. The number of non-ortho nitro benzene ring substituents is 1. The van der Waals surface area contributed by atoms with Crippen LogP contribution >= 0.6 is 11.9 Å².